The molecule has 3 aromatic rings. The van der Waals surface area contributed by atoms with Gasteiger partial charge in [-0.05, 0) is 55.0 Å². The number of nitrogens with one attached hydrogen (secondary N) is 3. The van der Waals surface area contributed by atoms with E-state index in [1.54, 1.807) is 29.8 Å². The number of pyridine rings is 1. The van der Waals surface area contributed by atoms with Gasteiger partial charge in [-0.1, -0.05) is 12.1 Å². The second-order valence-electron chi connectivity index (χ2n) is 7.53. The van der Waals surface area contributed by atoms with Crippen molar-refractivity contribution in [1.82, 2.24) is 9.88 Å². The molecule has 1 saturated heterocycles. The Bertz CT molecular complexity index is 1170. The highest BCUT2D eigenvalue weighted by atomic mass is 32.1. The zero-order valence-electron chi connectivity index (χ0n) is 17.4. The Hall–Kier alpha value is -3.59. The Morgan fingerprint density at radius 3 is 2.56 bits per heavy atom. The lowest BCUT2D eigenvalue weighted by Crippen LogP contribution is -2.28. The molecule has 164 valence electrons. The molecule has 0 saturated carbocycles. The molecular formula is C23H22FN5O2S. The van der Waals surface area contributed by atoms with Crippen LogP contribution in [0.4, 0.5) is 15.9 Å². The Morgan fingerprint density at radius 2 is 1.88 bits per heavy atom. The van der Waals surface area contributed by atoms with E-state index in [9.17, 15) is 14.0 Å². The highest BCUT2D eigenvalue weighted by molar-refractivity contribution is 7.12. The summed E-state index contributed by atoms with van der Waals surface area (Å²) < 4.78 is 14.7. The minimum atomic E-state index is -0.714. The predicted octanol–water partition coefficient (Wildman–Crippen LogP) is 4.52. The number of aryl methyl sites for hydroxylation is 1. The second kappa shape index (κ2) is 9.27. The number of aromatic nitrogens is 1. The van der Waals surface area contributed by atoms with Crippen molar-refractivity contribution >= 4 is 40.5 Å². The Morgan fingerprint density at radius 1 is 1.09 bits per heavy atom. The summed E-state index contributed by atoms with van der Waals surface area (Å²) in [4.78, 5) is 31.6. The van der Waals surface area contributed by atoms with Crippen LogP contribution in [0.25, 0.3) is 0 Å². The number of likely N-dealkylation sites (tertiary alicyclic amines) is 1. The van der Waals surface area contributed by atoms with Gasteiger partial charge in [0.1, 0.15) is 22.3 Å². The zero-order chi connectivity index (χ0) is 22.7. The molecule has 1 aromatic carbocycles. The summed E-state index contributed by atoms with van der Waals surface area (Å²) in [7, 11) is 0. The number of hydrogen-bond acceptors (Lipinski definition) is 5. The first-order valence-electron chi connectivity index (χ1n) is 10.2. The van der Waals surface area contributed by atoms with Crippen molar-refractivity contribution in [2.75, 3.05) is 23.7 Å². The van der Waals surface area contributed by atoms with Crippen molar-refractivity contribution in [3.63, 3.8) is 0 Å². The maximum Gasteiger partial charge on any atom is 0.269 e. The summed E-state index contributed by atoms with van der Waals surface area (Å²) in [5.74, 6) is -1.14. The first-order valence-corrected chi connectivity index (χ1v) is 11.1. The third-order valence-corrected chi connectivity index (χ3v) is 6.10. The number of rotatable bonds is 5. The topological polar surface area (TPSA) is 98.2 Å². The molecule has 1 aliphatic heterocycles. The summed E-state index contributed by atoms with van der Waals surface area (Å²) in [5, 5.41) is 15.2. The number of nitrogens with zero attached hydrogens (tertiary/aromatic N) is 2. The van der Waals surface area contributed by atoms with Gasteiger partial charge in [0.15, 0.2) is 0 Å². The zero-order valence-corrected chi connectivity index (χ0v) is 18.3. The SMILES string of the molecule is Cc1ccc(NC(=O)c2sccc2NC(=O)c2ccc(C(=N)N3CCCC3)cc2F)nc1. The van der Waals surface area contributed by atoms with Crippen LogP contribution >= 0.6 is 11.3 Å². The van der Waals surface area contributed by atoms with Gasteiger partial charge in [0, 0.05) is 24.8 Å². The number of carbonyl (C=O) groups excluding carboxylic acids is 2. The molecule has 9 heteroatoms. The largest absolute Gasteiger partial charge is 0.357 e. The smallest absolute Gasteiger partial charge is 0.269 e. The summed E-state index contributed by atoms with van der Waals surface area (Å²) in [6.07, 6.45) is 3.67. The van der Waals surface area contributed by atoms with Crippen LogP contribution in [0.15, 0.2) is 48.0 Å². The van der Waals surface area contributed by atoms with Crippen LogP contribution in [0.5, 0.6) is 0 Å². The number of benzene rings is 1. The molecule has 32 heavy (non-hydrogen) atoms. The van der Waals surface area contributed by atoms with Gasteiger partial charge in [-0.25, -0.2) is 9.37 Å². The molecule has 1 fully saturated rings. The van der Waals surface area contributed by atoms with Crippen molar-refractivity contribution in [2.24, 2.45) is 0 Å². The van der Waals surface area contributed by atoms with Gasteiger partial charge < -0.3 is 15.5 Å². The first kappa shape index (κ1) is 21.6. The number of hydrogen-bond donors (Lipinski definition) is 3. The minimum absolute atomic E-state index is 0.152. The molecule has 0 bridgehead atoms. The molecule has 0 spiro atoms. The molecule has 0 atom stereocenters. The third-order valence-electron chi connectivity index (χ3n) is 5.18. The summed E-state index contributed by atoms with van der Waals surface area (Å²) in [6, 6.07) is 9.26. The maximum absolute atomic E-state index is 14.7. The average Bonchev–Trinajstić information content (AvgIpc) is 3.47. The minimum Gasteiger partial charge on any atom is -0.357 e. The van der Waals surface area contributed by atoms with Crippen molar-refractivity contribution in [3.8, 4) is 0 Å². The lowest BCUT2D eigenvalue weighted by Gasteiger charge is -2.18. The summed E-state index contributed by atoms with van der Waals surface area (Å²) >= 11 is 1.16. The molecule has 3 N–H and O–H groups in total. The standard InChI is InChI=1S/C23H22FN5O2S/c1-14-4-7-19(26-13-14)28-23(31)20-18(8-11-32-20)27-22(30)16-6-5-15(12-17(16)24)21(25)29-9-2-3-10-29/h4-8,11-13,25H,2-3,9-10H2,1H3,(H,27,30)(H,26,28,31). The maximum atomic E-state index is 14.7. The van der Waals surface area contributed by atoms with Crippen LogP contribution < -0.4 is 10.6 Å². The van der Waals surface area contributed by atoms with E-state index < -0.39 is 17.6 Å². The lowest BCUT2D eigenvalue weighted by atomic mass is 10.1. The van der Waals surface area contributed by atoms with E-state index >= 15 is 0 Å². The van der Waals surface area contributed by atoms with Crippen LogP contribution in [0.2, 0.25) is 0 Å². The number of amides is 2. The molecular weight excluding hydrogens is 429 g/mol. The van der Waals surface area contributed by atoms with E-state index in [1.165, 1.54) is 12.1 Å². The van der Waals surface area contributed by atoms with E-state index in [4.69, 9.17) is 5.41 Å². The Kier molecular flexibility index (Phi) is 6.27. The van der Waals surface area contributed by atoms with Gasteiger partial charge in [0.25, 0.3) is 11.8 Å². The van der Waals surface area contributed by atoms with Gasteiger partial charge in [-0.15, -0.1) is 11.3 Å². The molecule has 3 heterocycles. The van der Waals surface area contributed by atoms with Crippen LogP contribution in [0, 0.1) is 18.2 Å². The molecule has 2 aromatic heterocycles. The summed E-state index contributed by atoms with van der Waals surface area (Å²) in [6.45, 7) is 3.46. The van der Waals surface area contributed by atoms with E-state index in [2.05, 4.69) is 15.6 Å². The molecule has 0 radical (unpaired) electrons. The first-order chi connectivity index (χ1) is 15.4. The van der Waals surface area contributed by atoms with Gasteiger partial charge in [-0.2, -0.15) is 0 Å². The molecule has 4 rings (SSSR count). The van der Waals surface area contributed by atoms with E-state index in [1.807, 2.05) is 17.9 Å². The quantitative estimate of drug-likeness (QED) is 0.392. The lowest BCUT2D eigenvalue weighted by molar-refractivity contribution is 0.102. The number of amidine groups is 1. The van der Waals surface area contributed by atoms with Crippen LogP contribution in [0.1, 0.15) is 44.0 Å². The fourth-order valence-corrected chi connectivity index (χ4v) is 4.20. The molecule has 0 unspecified atom stereocenters. The number of anilines is 2. The van der Waals surface area contributed by atoms with E-state index in [0.717, 1.165) is 42.8 Å². The van der Waals surface area contributed by atoms with Gasteiger partial charge in [0.05, 0.1) is 11.3 Å². The summed E-state index contributed by atoms with van der Waals surface area (Å²) in [5.41, 5.74) is 1.54. The van der Waals surface area contributed by atoms with Crippen molar-refractivity contribution < 1.29 is 14.0 Å². The fraction of sp³-hybridized carbons (Fsp3) is 0.217. The number of carbonyl (C=O) groups is 2. The molecule has 1 aliphatic rings. The highest BCUT2D eigenvalue weighted by Gasteiger charge is 2.21. The monoisotopic (exact) mass is 451 g/mol. The average molecular weight is 452 g/mol. The number of thiophene rings is 1. The van der Waals surface area contributed by atoms with Crippen molar-refractivity contribution in [3.05, 3.63) is 75.4 Å². The van der Waals surface area contributed by atoms with E-state index in [-0.39, 0.29) is 22.0 Å². The van der Waals surface area contributed by atoms with Gasteiger partial charge >= 0.3 is 0 Å². The number of halogens is 1. The van der Waals surface area contributed by atoms with Crippen LogP contribution in [-0.2, 0) is 0 Å². The van der Waals surface area contributed by atoms with Crippen molar-refractivity contribution in [2.45, 2.75) is 19.8 Å². The van der Waals surface area contributed by atoms with Gasteiger partial charge in [0.2, 0.25) is 0 Å². The predicted molar refractivity (Wildman–Crippen MR) is 123 cm³/mol. The molecule has 2 amide bonds. The second-order valence-corrected chi connectivity index (χ2v) is 8.45. The fourth-order valence-electron chi connectivity index (χ4n) is 3.46. The third kappa shape index (κ3) is 4.67. The van der Waals surface area contributed by atoms with Crippen molar-refractivity contribution in [1.29, 1.82) is 5.41 Å². The van der Waals surface area contributed by atoms with Crippen LogP contribution in [-0.4, -0.2) is 40.6 Å². The van der Waals surface area contributed by atoms with Crippen LogP contribution in [0.3, 0.4) is 0 Å². The van der Waals surface area contributed by atoms with E-state index in [0.29, 0.717) is 11.4 Å². The Labute approximate surface area is 188 Å². The molecule has 7 nitrogen and oxygen atoms in total. The normalized spacial score (nSPS) is 13.1. The molecule has 0 aliphatic carbocycles. The van der Waals surface area contributed by atoms with Gasteiger partial charge in [-0.3, -0.25) is 15.0 Å². The Balaban J connectivity index is 1.46. The highest BCUT2D eigenvalue weighted by Crippen LogP contribution is 2.25.